The number of hydrogen-bond acceptors (Lipinski definition) is 0. The summed E-state index contributed by atoms with van der Waals surface area (Å²) in [5.74, 6) is 1.58. The van der Waals surface area contributed by atoms with Crippen molar-refractivity contribution in [1.82, 2.24) is 0 Å². The predicted molar refractivity (Wildman–Crippen MR) is 43.4 cm³/mol. The molecule has 1 atom stereocenters. The van der Waals surface area contributed by atoms with Crippen LogP contribution in [0, 0.1) is 11.8 Å². The minimum absolute atomic E-state index is 0.787. The van der Waals surface area contributed by atoms with Crippen molar-refractivity contribution < 1.29 is 0 Å². The van der Waals surface area contributed by atoms with Crippen LogP contribution < -0.4 is 0 Å². The summed E-state index contributed by atoms with van der Waals surface area (Å²) in [4.78, 5) is 0. The molecule has 0 aromatic heterocycles. The Labute approximate surface area is 59.0 Å². The number of rotatable bonds is 3. The molecular weight excluding hydrogens is 108 g/mol. The van der Waals surface area contributed by atoms with Crippen LogP contribution in [0.4, 0.5) is 0 Å². The van der Waals surface area contributed by atoms with Crippen molar-refractivity contribution in [3.05, 3.63) is 12.2 Å². The average molecular weight is 126 g/mol. The number of hydrogen-bond donors (Lipinski definition) is 0. The molecule has 0 aliphatic carbocycles. The van der Waals surface area contributed by atoms with E-state index in [2.05, 4.69) is 39.8 Å². The van der Waals surface area contributed by atoms with Gasteiger partial charge in [-0.15, -0.1) is 0 Å². The Bertz CT molecular complexity index is 80.0. The van der Waals surface area contributed by atoms with Crippen molar-refractivity contribution in [3.8, 4) is 0 Å². The van der Waals surface area contributed by atoms with E-state index in [-0.39, 0.29) is 0 Å². The van der Waals surface area contributed by atoms with Crippen LogP contribution in [0.3, 0.4) is 0 Å². The van der Waals surface area contributed by atoms with Crippen LogP contribution in [-0.4, -0.2) is 0 Å². The maximum atomic E-state index is 2.30. The summed E-state index contributed by atoms with van der Waals surface area (Å²) in [6.45, 7) is 8.87. The third-order valence-electron chi connectivity index (χ3n) is 1.77. The molecule has 0 aromatic carbocycles. The Morgan fingerprint density at radius 1 is 1.33 bits per heavy atom. The van der Waals surface area contributed by atoms with Gasteiger partial charge in [0.1, 0.15) is 0 Å². The summed E-state index contributed by atoms with van der Waals surface area (Å²) in [6, 6.07) is 0. The summed E-state index contributed by atoms with van der Waals surface area (Å²) in [5.41, 5.74) is 0. The van der Waals surface area contributed by atoms with Crippen LogP contribution in [0.25, 0.3) is 0 Å². The van der Waals surface area contributed by atoms with Crippen LogP contribution in [0.1, 0.15) is 34.1 Å². The summed E-state index contributed by atoms with van der Waals surface area (Å²) in [6.07, 6.45) is 5.71. The Balaban J connectivity index is 3.68. The van der Waals surface area contributed by atoms with Crippen molar-refractivity contribution >= 4 is 0 Å². The third kappa shape index (κ3) is 3.34. The molecular formula is C9H18. The summed E-state index contributed by atoms with van der Waals surface area (Å²) >= 11 is 0. The zero-order valence-electron chi connectivity index (χ0n) is 7.02. The van der Waals surface area contributed by atoms with Gasteiger partial charge in [-0.05, 0) is 25.2 Å². The van der Waals surface area contributed by atoms with Gasteiger partial charge in [-0.2, -0.15) is 0 Å². The highest BCUT2D eigenvalue weighted by Gasteiger charge is 2.04. The molecule has 0 nitrogen and oxygen atoms in total. The van der Waals surface area contributed by atoms with Crippen LogP contribution in [0.15, 0.2) is 12.2 Å². The molecule has 0 rings (SSSR count). The second-order valence-electron chi connectivity index (χ2n) is 2.84. The minimum atomic E-state index is 0.787. The standard InChI is InChI=1S/C9H18/c1-5-7-9(6-2)8(3)4/h5,7-9H,6H2,1-4H3/b7-5-/t9-/m1/s1. The fraction of sp³-hybridized carbons (Fsp3) is 0.778. The maximum absolute atomic E-state index is 2.30. The SMILES string of the molecule is C/C=C\[C@@H](CC)C(C)C. The van der Waals surface area contributed by atoms with Crippen LogP contribution in [0.2, 0.25) is 0 Å². The third-order valence-corrected chi connectivity index (χ3v) is 1.77. The lowest BCUT2D eigenvalue weighted by atomic mass is 9.93. The molecule has 0 aromatic rings. The van der Waals surface area contributed by atoms with E-state index in [9.17, 15) is 0 Å². The predicted octanol–water partition coefficient (Wildman–Crippen LogP) is 3.24. The Hall–Kier alpha value is -0.260. The molecule has 0 heteroatoms. The molecule has 0 amide bonds. The quantitative estimate of drug-likeness (QED) is 0.509. The molecule has 9 heavy (non-hydrogen) atoms. The van der Waals surface area contributed by atoms with Crippen molar-refractivity contribution in [2.45, 2.75) is 34.1 Å². The lowest BCUT2D eigenvalue weighted by Crippen LogP contribution is -2.02. The first-order valence-corrected chi connectivity index (χ1v) is 3.85. The zero-order valence-corrected chi connectivity index (χ0v) is 7.02. The normalized spacial score (nSPS) is 15.2. The molecule has 0 radical (unpaired) electrons. The Morgan fingerprint density at radius 3 is 2.00 bits per heavy atom. The highest BCUT2D eigenvalue weighted by atomic mass is 14.1. The zero-order chi connectivity index (χ0) is 7.28. The van der Waals surface area contributed by atoms with Crippen molar-refractivity contribution in [2.75, 3.05) is 0 Å². The van der Waals surface area contributed by atoms with Gasteiger partial charge >= 0.3 is 0 Å². The van der Waals surface area contributed by atoms with Gasteiger partial charge in [-0.1, -0.05) is 32.9 Å². The molecule has 0 bridgehead atoms. The van der Waals surface area contributed by atoms with Crippen LogP contribution >= 0.6 is 0 Å². The van der Waals surface area contributed by atoms with Gasteiger partial charge in [0.2, 0.25) is 0 Å². The molecule has 54 valence electrons. The molecule has 0 saturated heterocycles. The van der Waals surface area contributed by atoms with Gasteiger partial charge in [0.05, 0.1) is 0 Å². The van der Waals surface area contributed by atoms with E-state index in [1.807, 2.05) is 0 Å². The Morgan fingerprint density at radius 2 is 1.89 bits per heavy atom. The summed E-state index contributed by atoms with van der Waals surface area (Å²) in [5, 5.41) is 0. The molecule has 0 fully saturated rings. The van der Waals surface area contributed by atoms with Crippen molar-refractivity contribution in [2.24, 2.45) is 11.8 Å². The summed E-state index contributed by atoms with van der Waals surface area (Å²) in [7, 11) is 0. The monoisotopic (exact) mass is 126 g/mol. The molecule has 0 aliphatic rings. The second kappa shape index (κ2) is 4.60. The van der Waals surface area contributed by atoms with Gasteiger partial charge in [0.15, 0.2) is 0 Å². The second-order valence-corrected chi connectivity index (χ2v) is 2.84. The van der Waals surface area contributed by atoms with E-state index in [4.69, 9.17) is 0 Å². The van der Waals surface area contributed by atoms with E-state index in [0.29, 0.717) is 0 Å². The maximum Gasteiger partial charge on any atom is -0.0213 e. The molecule has 0 N–H and O–H groups in total. The smallest absolute Gasteiger partial charge is 0.0213 e. The molecule has 0 unspecified atom stereocenters. The lowest BCUT2D eigenvalue weighted by molar-refractivity contribution is 0.453. The highest BCUT2D eigenvalue weighted by Crippen LogP contribution is 2.15. The molecule has 0 spiro atoms. The van der Waals surface area contributed by atoms with E-state index in [1.165, 1.54) is 6.42 Å². The first kappa shape index (κ1) is 8.74. The number of allylic oxidation sites excluding steroid dienone is 2. The fourth-order valence-corrected chi connectivity index (χ4v) is 1.08. The first-order chi connectivity index (χ1) is 4.22. The van der Waals surface area contributed by atoms with Gasteiger partial charge < -0.3 is 0 Å². The van der Waals surface area contributed by atoms with Crippen molar-refractivity contribution in [3.63, 3.8) is 0 Å². The van der Waals surface area contributed by atoms with Crippen molar-refractivity contribution in [1.29, 1.82) is 0 Å². The van der Waals surface area contributed by atoms with Gasteiger partial charge in [0.25, 0.3) is 0 Å². The topological polar surface area (TPSA) is 0 Å². The van der Waals surface area contributed by atoms with E-state index in [0.717, 1.165) is 11.8 Å². The fourth-order valence-electron chi connectivity index (χ4n) is 1.08. The van der Waals surface area contributed by atoms with E-state index < -0.39 is 0 Å². The van der Waals surface area contributed by atoms with E-state index >= 15 is 0 Å². The van der Waals surface area contributed by atoms with Crippen LogP contribution in [0.5, 0.6) is 0 Å². The van der Waals surface area contributed by atoms with Gasteiger partial charge in [-0.25, -0.2) is 0 Å². The molecule has 0 heterocycles. The molecule has 0 aliphatic heterocycles. The van der Waals surface area contributed by atoms with Gasteiger partial charge in [0, 0.05) is 0 Å². The Kier molecular flexibility index (Phi) is 4.47. The minimum Gasteiger partial charge on any atom is -0.0914 e. The first-order valence-electron chi connectivity index (χ1n) is 3.85. The average Bonchev–Trinajstić information content (AvgIpc) is 1.82. The lowest BCUT2D eigenvalue weighted by Gasteiger charge is -2.13. The largest absolute Gasteiger partial charge is 0.0914 e. The van der Waals surface area contributed by atoms with Gasteiger partial charge in [-0.3, -0.25) is 0 Å². The highest BCUT2D eigenvalue weighted by molar-refractivity contribution is 4.86. The molecule has 0 saturated carbocycles. The summed E-state index contributed by atoms with van der Waals surface area (Å²) < 4.78 is 0. The van der Waals surface area contributed by atoms with E-state index in [1.54, 1.807) is 0 Å². The van der Waals surface area contributed by atoms with Crippen LogP contribution in [-0.2, 0) is 0 Å².